The molecular formula is C15H16INOS. The van der Waals surface area contributed by atoms with E-state index in [9.17, 15) is 5.11 Å². The van der Waals surface area contributed by atoms with Gasteiger partial charge in [-0.3, -0.25) is 0 Å². The van der Waals surface area contributed by atoms with Gasteiger partial charge in [-0.2, -0.15) is 11.3 Å². The summed E-state index contributed by atoms with van der Waals surface area (Å²) in [6.07, 6.45) is 1.06. The van der Waals surface area contributed by atoms with Crippen molar-refractivity contribution < 1.29 is 33.7 Å². The van der Waals surface area contributed by atoms with E-state index in [2.05, 4.69) is 45.7 Å². The molecule has 4 heteroatoms. The Hall–Kier alpha value is -0.720. The predicted molar refractivity (Wildman–Crippen MR) is 74.8 cm³/mol. The number of hydrogen-bond acceptors (Lipinski definition) is 2. The lowest BCUT2D eigenvalue weighted by molar-refractivity contribution is -0.530. The second-order valence-corrected chi connectivity index (χ2v) is 5.26. The number of aliphatic hydroxyl groups excluding tert-OH is 1. The van der Waals surface area contributed by atoms with E-state index in [1.165, 1.54) is 22.4 Å². The maximum atomic E-state index is 9.23. The Labute approximate surface area is 134 Å². The second-order valence-electron chi connectivity index (χ2n) is 4.48. The Morgan fingerprint density at radius 3 is 2.79 bits per heavy atom. The molecule has 0 spiro atoms. The van der Waals surface area contributed by atoms with Crippen LogP contribution in [0.2, 0.25) is 0 Å². The quantitative estimate of drug-likeness (QED) is 0.540. The fourth-order valence-electron chi connectivity index (χ4n) is 2.59. The summed E-state index contributed by atoms with van der Waals surface area (Å²) in [5.74, 6) is 0. The summed E-state index contributed by atoms with van der Waals surface area (Å²) < 4.78 is 2.30. The molecule has 1 aliphatic rings. The van der Waals surface area contributed by atoms with Crippen molar-refractivity contribution in [1.29, 1.82) is 0 Å². The van der Waals surface area contributed by atoms with Crippen molar-refractivity contribution in [3.05, 3.63) is 57.8 Å². The molecule has 2 aromatic rings. The maximum Gasteiger partial charge on any atom is 0.215 e. The number of β-amino-alcohol motifs (C(OH)–C–C–N with tert-alkyl or cyclic N) is 1. The van der Waals surface area contributed by atoms with Crippen molar-refractivity contribution in [3.63, 3.8) is 0 Å². The fourth-order valence-corrected chi connectivity index (χ4v) is 3.23. The molecule has 1 aliphatic heterocycles. The van der Waals surface area contributed by atoms with Gasteiger partial charge in [0.1, 0.15) is 13.2 Å². The molecule has 3 rings (SSSR count). The minimum absolute atomic E-state index is 0. The topological polar surface area (TPSA) is 23.2 Å². The molecule has 0 saturated carbocycles. The van der Waals surface area contributed by atoms with Crippen LogP contribution in [0, 0.1) is 0 Å². The monoisotopic (exact) mass is 385 g/mol. The van der Waals surface area contributed by atoms with Gasteiger partial charge in [-0.15, -0.1) is 0 Å². The number of aliphatic hydroxyl groups is 1. The second kappa shape index (κ2) is 6.63. The molecule has 2 nitrogen and oxygen atoms in total. The van der Waals surface area contributed by atoms with Gasteiger partial charge in [-0.05, 0) is 23.1 Å². The van der Waals surface area contributed by atoms with E-state index >= 15 is 0 Å². The summed E-state index contributed by atoms with van der Waals surface area (Å²) in [5.41, 5.74) is 5.26. The van der Waals surface area contributed by atoms with E-state index in [1.807, 2.05) is 0 Å². The Morgan fingerprint density at radius 1 is 1.21 bits per heavy atom. The lowest BCUT2D eigenvalue weighted by Crippen LogP contribution is -3.00. The van der Waals surface area contributed by atoms with Crippen molar-refractivity contribution in [2.75, 3.05) is 19.7 Å². The van der Waals surface area contributed by atoms with Gasteiger partial charge < -0.3 is 29.1 Å². The van der Waals surface area contributed by atoms with Gasteiger partial charge in [0.25, 0.3) is 0 Å². The van der Waals surface area contributed by atoms with Crippen molar-refractivity contribution in [2.24, 2.45) is 0 Å². The van der Waals surface area contributed by atoms with Crippen LogP contribution >= 0.6 is 11.3 Å². The minimum atomic E-state index is 0. The molecular weight excluding hydrogens is 369 g/mol. The zero-order valence-electron chi connectivity index (χ0n) is 10.6. The van der Waals surface area contributed by atoms with Gasteiger partial charge in [0.15, 0.2) is 6.54 Å². The molecule has 0 fully saturated rings. The molecule has 2 heterocycles. The van der Waals surface area contributed by atoms with Gasteiger partial charge in [-0.1, -0.05) is 18.2 Å². The Bertz CT molecular complexity index is 578. The first-order chi connectivity index (χ1) is 8.90. The van der Waals surface area contributed by atoms with Crippen LogP contribution in [0.5, 0.6) is 0 Å². The summed E-state index contributed by atoms with van der Waals surface area (Å²) >= 11 is 1.72. The van der Waals surface area contributed by atoms with E-state index in [-0.39, 0.29) is 30.6 Å². The summed E-state index contributed by atoms with van der Waals surface area (Å²) in [6.45, 7) is 1.90. The molecule has 0 atom stereocenters. The molecule has 1 N–H and O–H groups in total. The highest BCUT2D eigenvalue weighted by molar-refractivity contribution is 7.08. The predicted octanol–water partition coefficient (Wildman–Crippen LogP) is -0.850. The first-order valence-corrected chi connectivity index (χ1v) is 7.18. The van der Waals surface area contributed by atoms with E-state index in [0.29, 0.717) is 6.54 Å². The normalized spacial score (nSPS) is 13.9. The standard InChI is InChI=1S/C15H16NOS.HI/c17-9-8-16-7-5-12-3-1-2-4-14(12)15(16)13-6-10-18-11-13;/h1-4,6,10-11,17H,5,7-9H2;1H/q+1;/p-1. The number of halogens is 1. The largest absolute Gasteiger partial charge is 1.00 e. The molecule has 19 heavy (non-hydrogen) atoms. The number of hydrogen-bond donors (Lipinski definition) is 1. The van der Waals surface area contributed by atoms with Crippen molar-refractivity contribution >= 4 is 17.0 Å². The highest BCUT2D eigenvalue weighted by Gasteiger charge is 2.26. The van der Waals surface area contributed by atoms with Crippen molar-refractivity contribution in [2.45, 2.75) is 6.42 Å². The first kappa shape index (κ1) is 14.7. The average molecular weight is 385 g/mol. The molecule has 0 bridgehead atoms. The Balaban J connectivity index is 0.00000133. The number of benzene rings is 1. The average Bonchev–Trinajstić information content (AvgIpc) is 2.92. The van der Waals surface area contributed by atoms with Gasteiger partial charge in [0.2, 0.25) is 5.71 Å². The molecule has 0 amide bonds. The van der Waals surface area contributed by atoms with Crippen LogP contribution in [0.4, 0.5) is 0 Å². The molecule has 0 saturated heterocycles. The van der Waals surface area contributed by atoms with Gasteiger partial charge in [0, 0.05) is 17.4 Å². The fraction of sp³-hybridized carbons (Fsp3) is 0.267. The lowest BCUT2D eigenvalue weighted by Gasteiger charge is -2.17. The summed E-state index contributed by atoms with van der Waals surface area (Å²) in [5, 5.41) is 13.5. The van der Waals surface area contributed by atoms with E-state index < -0.39 is 0 Å². The van der Waals surface area contributed by atoms with Crippen LogP contribution in [0.3, 0.4) is 0 Å². The van der Waals surface area contributed by atoms with Gasteiger partial charge >= 0.3 is 0 Å². The third kappa shape index (κ3) is 2.90. The summed E-state index contributed by atoms with van der Waals surface area (Å²) in [6, 6.07) is 10.7. The first-order valence-electron chi connectivity index (χ1n) is 6.24. The van der Waals surface area contributed by atoms with Crippen LogP contribution in [-0.2, 0) is 6.42 Å². The highest BCUT2D eigenvalue weighted by Crippen LogP contribution is 2.21. The highest BCUT2D eigenvalue weighted by atomic mass is 127. The molecule has 0 unspecified atom stereocenters. The zero-order chi connectivity index (χ0) is 12.4. The molecule has 0 aliphatic carbocycles. The maximum absolute atomic E-state index is 9.23. The third-order valence-corrected chi connectivity index (χ3v) is 4.09. The van der Waals surface area contributed by atoms with Crippen molar-refractivity contribution in [1.82, 2.24) is 0 Å². The van der Waals surface area contributed by atoms with Crippen molar-refractivity contribution in [3.8, 4) is 0 Å². The Morgan fingerprint density at radius 2 is 2.05 bits per heavy atom. The van der Waals surface area contributed by atoms with Crippen LogP contribution in [0.15, 0.2) is 41.1 Å². The van der Waals surface area contributed by atoms with Crippen LogP contribution in [0.1, 0.15) is 16.7 Å². The van der Waals surface area contributed by atoms with Gasteiger partial charge in [0.05, 0.1) is 5.56 Å². The number of rotatable bonds is 3. The summed E-state index contributed by atoms with van der Waals surface area (Å²) in [7, 11) is 0. The van der Waals surface area contributed by atoms with Crippen LogP contribution < -0.4 is 24.0 Å². The lowest BCUT2D eigenvalue weighted by atomic mass is 9.94. The van der Waals surface area contributed by atoms with Crippen LogP contribution in [-0.4, -0.2) is 35.1 Å². The smallest absolute Gasteiger partial charge is 0.215 e. The minimum Gasteiger partial charge on any atom is -1.00 e. The molecule has 1 aromatic carbocycles. The Kier molecular flexibility index (Phi) is 5.13. The molecule has 0 radical (unpaired) electrons. The number of thiophene rings is 1. The number of fused-ring (bicyclic) bond motifs is 1. The summed E-state index contributed by atoms with van der Waals surface area (Å²) in [4.78, 5) is 0. The van der Waals surface area contributed by atoms with E-state index in [1.54, 1.807) is 11.3 Å². The third-order valence-electron chi connectivity index (χ3n) is 3.40. The molecule has 1 aromatic heterocycles. The number of nitrogens with zero attached hydrogens (tertiary/aromatic N) is 1. The van der Waals surface area contributed by atoms with E-state index in [4.69, 9.17) is 0 Å². The van der Waals surface area contributed by atoms with Gasteiger partial charge in [-0.25, -0.2) is 4.58 Å². The zero-order valence-corrected chi connectivity index (χ0v) is 13.5. The SMILES string of the molecule is OCC[N+]1=C(c2ccsc2)c2ccccc2CC1.[I-]. The molecule has 100 valence electrons. The van der Waals surface area contributed by atoms with E-state index in [0.717, 1.165) is 13.0 Å². The van der Waals surface area contributed by atoms with Crippen LogP contribution in [0.25, 0.3) is 0 Å².